The van der Waals surface area contributed by atoms with Crippen LogP contribution in [0.2, 0.25) is 0 Å². The smallest absolute Gasteiger partial charge is 0.286 e. The van der Waals surface area contributed by atoms with E-state index in [-0.39, 0.29) is 0 Å². The van der Waals surface area contributed by atoms with Gasteiger partial charge in [0.05, 0.1) is 5.41 Å². The van der Waals surface area contributed by atoms with E-state index in [1.165, 1.54) is 0 Å². The molecule has 1 aliphatic rings. The van der Waals surface area contributed by atoms with Crippen molar-refractivity contribution in [3.05, 3.63) is 0 Å². The molecule has 1 unspecified atom stereocenters. The van der Waals surface area contributed by atoms with Crippen molar-refractivity contribution in [3.8, 4) is 0 Å². The van der Waals surface area contributed by atoms with E-state index in [4.69, 9.17) is 0 Å². The van der Waals surface area contributed by atoms with Gasteiger partial charge >= 0.3 is 0 Å². The average Bonchev–Trinajstić information content (AvgIpc) is 2.13. The van der Waals surface area contributed by atoms with Gasteiger partial charge in [-0.1, -0.05) is 13.8 Å². The normalized spacial score (nSPS) is 37.9. The van der Waals surface area contributed by atoms with Crippen LogP contribution in [0.25, 0.3) is 0 Å². The molecule has 0 aromatic heterocycles. The van der Waals surface area contributed by atoms with Gasteiger partial charge < -0.3 is 35.7 Å². The highest BCUT2D eigenvalue weighted by molar-refractivity contribution is 14.1. The number of aliphatic hydroxyl groups is 7. The molecular formula is C8H13IO8. The Kier molecular flexibility index (Phi) is 3.00. The van der Waals surface area contributed by atoms with Gasteiger partial charge in [0.25, 0.3) is 17.4 Å². The molecule has 1 saturated carbocycles. The molecule has 8 nitrogen and oxygen atoms in total. The molecule has 0 aromatic rings. The highest BCUT2D eigenvalue weighted by Crippen LogP contribution is 2.57. The molecule has 1 atom stereocenters. The van der Waals surface area contributed by atoms with Gasteiger partial charge in [-0.25, -0.2) is 0 Å². The topological polar surface area (TPSA) is 159 Å². The third-order valence-corrected chi connectivity index (χ3v) is 5.38. The van der Waals surface area contributed by atoms with Crippen LogP contribution in [0.15, 0.2) is 0 Å². The van der Waals surface area contributed by atoms with Crippen LogP contribution >= 0.6 is 22.6 Å². The summed E-state index contributed by atoms with van der Waals surface area (Å²) in [4.78, 5) is 11.4. The molecule has 17 heavy (non-hydrogen) atoms. The van der Waals surface area contributed by atoms with Crippen molar-refractivity contribution >= 4 is 28.4 Å². The molecule has 0 saturated heterocycles. The summed E-state index contributed by atoms with van der Waals surface area (Å²) in [5.41, 5.74) is -2.25. The molecule has 0 aromatic carbocycles. The maximum Gasteiger partial charge on any atom is 0.286 e. The fourth-order valence-corrected chi connectivity index (χ4v) is 2.28. The zero-order chi connectivity index (χ0) is 14.1. The Labute approximate surface area is 109 Å². The quantitative estimate of drug-likeness (QED) is 0.134. The summed E-state index contributed by atoms with van der Waals surface area (Å²) in [5.74, 6) is -13.0. The van der Waals surface area contributed by atoms with Crippen LogP contribution in [0.4, 0.5) is 0 Å². The Morgan fingerprint density at radius 3 is 1.59 bits per heavy atom. The minimum Gasteiger partial charge on any atom is -0.373 e. The van der Waals surface area contributed by atoms with Crippen LogP contribution in [0.5, 0.6) is 0 Å². The lowest BCUT2D eigenvalue weighted by molar-refractivity contribution is -0.429. The first-order chi connectivity index (χ1) is 7.15. The Balaban J connectivity index is 3.62. The Morgan fingerprint density at radius 2 is 1.24 bits per heavy atom. The number of hydrogen-bond acceptors (Lipinski definition) is 8. The minimum absolute atomic E-state index is 0.925. The maximum atomic E-state index is 11.4. The molecule has 1 fully saturated rings. The molecule has 0 heterocycles. The molecule has 1 rings (SSSR count). The number of carbonyl (C=O) groups excluding carboxylic acids is 1. The maximum absolute atomic E-state index is 11.4. The summed E-state index contributed by atoms with van der Waals surface area (Å²) in [7, 11) is 0. The van der Waals surface area contributed by atoms with E-state index in [0.29, 0.717) is 0 Å². The minimum atomic E-state index is -3.84. The largest absolute Gasteiger partial charge is 0.373 e. The molecule has 0 bridgehead atoms. The van der Waals surface area contributed by atoms with Crippen molar-refractivity contribution in [3.63, 3.8) is 0 Å². The fraction of sp³-hybridized carbons (Fsp3) is 0.875. The SMILES string of the molecule is CC1(C)C(O)(O)C(O)(O)C(=O)C(O)(O)C1(O)I. The summed E-state index contributed by atoms with van der Waals surface area (Å²) in [5, 5.41) is 66.8. The molecule has 100 valence electrons. The van der Waals surface area contributed by atoms with Crippen LogP contribution in [-0.4, -0.2) is 62.5 Å². The van der Waals surface area contributed by atoms with Crippen molar-refractivity contribution in [1.82, 2.24) is 0 Å². The number of carbonyl (C=O) groups is 1. The van der Waals surface area contributed by atoms with Gasteiger partial charge in [0.15, 0.2) is 3.61 Å². The molecule has 7 N–H and O–H groups in total. The predicted molar refractivity (Wildman–Crippen MR) is 59.3 cm³/mol. The lowest BCUT2D eigenvalue weighted by Gasteiger charge is -2.58. The first kappa shape index (κ1) is 15.2. The second-order valence-corrected chi connectivity index (χ2v) is 6.15. The van der Waals surface area contributed by atoms with Crippen molar-refractivity contribution in [2.75, 3.05) is 0 Å². The first-order valence-corrected chi connectivity index (χ1v) is 5.54. The van der Waals surface area contributed by atoms with Crippen molar-refractivity contribution < 1.29 is 40.5 Å². The van der Waals surface area contributed by atoms with E-state index in [1.54, 1.807) is 0 Å². The molecule has 0 spiro atoms. The van der Waals surface area contributed by atoms with Crippen LogP contribution in [0.1, 0.15) is 13.8 Å². The number of ketones is 1. The number of alkyl halides is 1. The third-order valence-electron chi connectivity index (χ3n) is 3.28. The predicted octanol–water partition coefficient (Wildman–Crippen LogP) is -3.24. The van der Waals surface area contributed by atoms with E-state index < -0.39 is 32.2 Å². The highest BCUT2D eigenvalue weighted by atomic mass is 127. The van der Waals surface area contributed by atoms with Gasteiger partial charge in [0.1, 0.15) is 0 Å². The summed E-state index contributed by atoms with van der Waals surface area (Å²) in [6, 6.07) is 0. The molecule has 1 aliphatic carbocycles. The summed E-state index contributed by atoms with van der Waals surface area (Å²) in [6.07, 6.45) is 0. The zero-order valence-electron chi connectivity index (χ0n) is 8.92. The molecule has 9 heteroatoms. The average molecular weight is 364 g/mol. The van der Waals surface area contributed by atoms with E-state index >= 15 is 0 Å². The molecular weight excluding hydrogens is 351 g/mol. The Bertz CT molecular complexity index is 338. The molecule has 0 amide bonds. The van der Waals surface area contributed by atoms with E-state index in [9.17, 15) is 40.5 Å². The second kappa shape index (κ2) is 3.36. The number of hydrogen-bond donors (Lipinski definition) is 7. The van der Waals surface area contributed by atoms with Crippen LogP contribution in [-0.2, 0) is 4.79 Å². The Hall–Kier alpha value is 0.120. The lowest BCUT2D eigenvalue weighted by Crippen LogP contribution is -2.84. The van der Waals surface area contributed by atoms with Gasteiger partial charge in [-0.15, -0.1) is 0 Å². The number of Topliss-reactive ketones (excluding diaryl/α,β-unsaturated/α-hetero) is 1. The van der Waals surface area contributed by atoms with E-state index in [2.05, 4.69) is 0 Å². The molecule has 0 radical (unpaired) electrons. The molecule has 0 aliphatic heterocycles. The van der Waals surface area contributed by atoms with E-state index in [0.717, 1.165) is 36.4 Å². The van der Waals surface area contributed by atoms with Gasteiger partial charge in [0.2, 0.25) is 5.79 Å². The van der Waals surface area contributed by atoms with Crippen LogP contribution in [0.3, 0.4) is 0 Å². The summed E-state index contributed by atoms with van der Waals surface area (Å²) < 4.78 is -2.76. The van der Waals surface area contributed by atoms with Gasteiger partial charge in [0, 0.05) is 0 Å². The van der Waals surface area contributed by atoms with Crippen LogP contribution in [0, 0.1) is 5.41 Å². The van der Waals surface area contributed by atoms with Crippen LogP contribution < -0.4 is 0 Å². The highest BCUT2D eigenvalue weighted by Gasteiger charge is 2.81. The van der Waals surface area contributed by atoms with E-state index in [1.807, 2.05) is 0 Å². The van der Waals surface area contributed by atoms with Crippen molar-refractivity contribution in [1.29, 1.82) is 0 Å². The zero-order valence-corrected chi connectivity index (χ0v) is 11.1. The monoisotopic (exact) mass is 364 g/mol. The van der Waals surface area contributed by atoms with Crippen molar-refractivity contribution in [2.45, 2.75) is 34.8 Å². The summed E-state index contributed by atoms with van der Waals surface area (Å²) >= 11 is 1.03. The van der Waals surface area contributed by atoms with Gasteiger partial charge in [-0.3, -0.25) is 4.79 Å². The number of halogens is 1. The van der Waals surface area contributed by atoms with Gasteiger partial charge in [-0.2, -0.15) is 0 Å². The van der Waals surface area contributed by atoms with Crippen molar-refractivity contribution in [2.24, 2.45) is 5.41 Å². The van der Waals surface area contributed by atoms with Gasteiger partial charge in [-0.05, 0) is 22.6 Å². The second-order valence-electron chi connectivity index (χ2n) is 4.59. The first-order valence-electron chi connectivity index (χ1n) is 4.46. The lowest BCUT2D eigenvalue weighted by atomic mass is 9.63. The third kappa shape index (κ3) is 1.39. The standard InChI is InChI=1S/C8H13IO8/c1-4(2)7(9,15)5(11,12)3(10)6(13,14)8(4,16)17/h11-17H,1-2H3. The Morgan fingerprint density at radius 1 is 0.882 bits per heavy atom. The fourth-order valence-electron chi connectivity index (χ4n) is 1.65. The summed E-state index contributed by atoms with van der Waals surface area (Å²) in [6.45, 7) is 1.85. The number of rotatable bonds is 0.